The molecule has 13 heavy (non-hydrogen) atoms. The zero-order chi connectivity index (χ0) is 9.94. The van der Waals surface area contributed by atoms with Crippen LogP contribution >= 0.6 is 0 Å². The van der Waals surface area contributed by atoms with Crippen LogP contribution in [0.2, 0.25) is 0 Å². The van der Waals surface area contributed by atoms with Crippen LogP contribution in [0.5, 0.6) is 0 Å². The van der Waals surface area contributed by atoms with Crippen LogP contribution in [0.3, 0.4) is 0 Å². The molecule has 0 heterocycles. The molecule has 0 unspecified atom stereocenters. The van der Waals surface area contributed by atoms with E-state index in [-0.39, 0.29) is 6.03 Å². The third-order valence-electron chi connectivity index (χ3n) is 1.35. The van der Waals surface area contributed by atoms with E-state index in [1.54, 1.807) is 0 Å². The van der Waals surface area contributed by atoms with Crippen LogP contribution in [-0.2, 0) is 4.74 Å². The molecule has 0 spiro atoms. The Morgan fingerprint density at radius 1 is 1.38 bits per heavy atom. The standard InChI is InChI=1S/C8H19N3O2/c1-2-10-8(12)11-5-3-6-13-7-4-9/h2-7,9H2,1H3,(H2,10,11,12). The number of nitrogens with two attached hydrogens (primary N) is 1. The molecule has 0 aromatic heterocycles. The van der Waals surface area contributed by atoms with E-state index in [0.29, 0.717) is 32.8 Å². The Hall–Kier alpha value is -0.810. The maximum absolute atomic E-state index is 10.8. The highest BCUT2D eigenvalue weighted by atomic mass is 16.5. The molecule has 78 valence electrons. The molecule has 0 bridgehead atoms. The predicted octanol–water partition coefficient (Wildman–Crippen LogP) is -0.329. The molecule has 0 fully saturated rings. The van der Waals surface area contributed by atoms with Crippen molar-refractivity contribution in [3.63, 3.8) is 0 Å². The Morgan fingerprint density at radius 2 is 2.15 bits per heavy atom. The molecular weight excluding hydrogens is 170 g/mol. The summed E-state index contributed by atoms with van der Waals surface area (Å²) in [5.74, 6) is 0. The lowest BCUT2D eigenvalue weighted by Gasteiger charge is -2.05. The fraction of sp³-hybridized carbons (Fsp3) is 0.875. The van der Waals surface area contributed by atoms with Crippen LogP contribution in [0, 0.1) is 0 Å². The molecule has 5 nitrogen and oxygen atoms in total. The van der Waals surface area contributed by atoms with Crippen molar-refractivity contribution in [3.8, 4) is 0 Å². The van der Waals surface area contributed by atoms with Gasteiger partial charge in [0.1, 0.15) is 0 Å². The van der Waals surface area contributed by atoms with Crippen LogP contribution in [0.4, 0.5) is 4.79 Å². The Bertz CT molecular complexity index is 131. The number of amides is 2. The minimum absolute atomic E-state index is 0.124. The molecule has 0 aliphatic rings. The first-order valence-corrected chi connectivity index (χ1v) is 4.60. The van der Waals surface area contributed by atoms with E-state index in [2.05, 4.69) is 10.6 Å². The maximum Gasteiger partial charge on any atom is 0.314 e. The van der Waals surface area contributed by atoms with E-state index in [1.165, 1.54) is 0 Å². The smallest absolute Gasteiger partial charge is 0.314 e. The van der Waals surface area contributed by atoms with Crippen LogP contribution in [0.25, 0.3) is 0 Å². The van der Waals surface area contributed by atoms with Crippen molar-refractivity contribution in [2.45, 2.75) is 13.3 Å². The summed E-state index contributed by atoms with van der Waals surface area (Å²) in [5.41, 5.74) is 5.23. The number of ether oxygens (including phenoxy) is 1. The third-order valence-corrected chi connectivity index (χ3v) is 1.35. The summed E-state index contributed by atoms with van der Waals surface area (Å²) >= 11 is 0. The van der Waals surface area contributed by atoms with E-state index in [1.807, 2.05) is 6.92 Å². The van der Waals surface area contributed by atoms with Crippen molar-refractivity contribution in [2.24, 2.45) is 5.73 Å². The van der Waals surface area contributed by atoms with Gasteiger partial charge >= 0.3 is 6.03 Å². The average molecular weight is 189 g/mol. The Labute approximate surface area is 79.0 Å². The van der Waals surface area contributed by atoms with Crippen molar-refractivity contribution < 1.29 is 9.53 Å². The lowest BCUT2D eigenvalue weighted by Crippen LogP contribution is -2.36. The van der Waals surface area contributed by atoms with Gasteiger partial charge in [-0.15, -0.1) is 0 Å². The van der Waals surface area contributed by atoms with Gasteiger partial charge in [0.05, 0.1) is 6.61 Å². The molecule has 4 N–H and O–H groups in total. The van der Waals surface area contributed by atoms with Gasteiger partial charge in [-0.25, -0.2) is 4.79 Å². The van der Waals surface area contributed by atoms with Crippen LogP contribution in [-0.4, -0.2) is 38.9 Å². The molecule has 0 aromatic rings. The molecule has 0 aliphatic heterocycles. The minimum Gasteiger partial charge on any atom is -0.380 e. The van der Waals surface area contributed by atoms with E-state index in [0.717, 1.165) is 6.42 Å². The summed E-state index contributed by atoms with van der Waals surface area (Å²) in [4.78, 5) is 10.8. The number of rotatable bonds is 7. The molecule has 0 saturated heterocycles. The summed E-state index contributed by atoms with van der Waals surface area (Å²) in [6.45, 7) is 4.93. The van der Waals surface area contributed by atoms with Gasteiger partial charge in [0.2, 0.25) is 0 Å². The van der Waals surface area contributed by atoms with Gasteiger partial charge in [0, 0.05) is 26.2 Å². The molecule has 0 saturated carbocycles. The van der Waals surface area contributed by atoms with E-state index < -0.39 is 0 Å². The highest BCUT2D eigenvalue weighted by Gasteiger charge is 1.95. The van der Waals surface area contributed by atoms with Crippen molar-refractivity contribution in [1.29, 1.82) is 0 Å². The van der Waals surface area contributed by atoms with Crippen LogP contribution in [0.15, 0.2) is 0 Å². The average Bonchev–Trinajstić information content (AvgIpc) is 2.11. The lowest BCUT2D eigenvalue weighted by atomic mass is 10.4. The topological polar surface area (TPSA) is 76.4 Å². The molecule has 0 rings (SSSR count). The van der Waals surface area contributed by atoms with Gasteiger partial charge in [-0.3, -0.25) is 0 Å². The van der Waals surface area contributed by atoms with Crippen molar-refractivity contribution in [3.05, 3.63) is 0 Å². The quantitative estimate of drug-likeness (QED) is 0.480. The Balaban J connectivity index is 3.02. The second kappa shape index (κ2) is 9.28. The summed E-state index contributed by atoms with van der Waals surface area (Å²) < 4.78 is 5.13. The first-order valence-electron chi connectivity index (χ1n) is 4.60. The second-order valence-electron chi connectivity index (χ2n) is 2.54. The van der Waals surface area contributed by atoms with Gasteiger partial charge in [-0.05, 0) is 13.3 Å². The largest absolute Gasteiger partial charge is 0.380 e. The molecule has 0 aromatic carbocycles. The minimum atomic E-state index is -0.124. The van der Waals surface area contributed by atoms with Gasteiger partial charge in [0.15, 0.2) is 0 Å². The molecule has 0 aliphatic carbocycles. The lowest BCUT2D eigenvalue weighted by molar-refractivity contribution is 0.139. The van der Waals surface area contributed by atoms with E-state index in [4.69, 9.17) is 10.5 Å². The normalized spacial score (nSPS) is 9.69. The summed E-state index contributed by atoms with van der Waals surface area (Å²) in [5, 5.41) is 5.34. The zero-order valence-corrected chi connectivity index (χ0v) is 8.14. The van der Waals surface area contributed by atoms with Gasteiger partial charge < -0.3 is 21.1 Å². The van der Waals surface area contributed by atoms with E-state index in [9.17, 15) is 4.79 Å². The number of carbonyl (C=O) groups excluding carboxylic acids is 1. The highest BCUT2D eigenvalue weighted by Crippen LogP contribution is 1.79. The zero-order valence-electron chi connectivity index (χ0n) is 8.14. The SMILES string of the molecule is CCNC(=O)NCCCOCCN. The van der Waals surface area contributed by atoms with Gasteiger partial charge in [-0.2, -0.15) is 0 Å². The van der Waals surface area contributed by atoms with E-state index >= 15 is 0 Å². The molecule has 0 radical (unpaired) electrons. The molecule has 5 heteroatoms. The number of urea groups is 1. The van der Waals surface area contributed by atoms with Crippen LogP contribution in [0.1, 0.15) is 13.3 Å². The van der Waals surface area contributed by atoms with Gasteiger partial charge in [-0.1, -0.05) is 0 Å². The summed E-state index contributed by atoms with van der Waals surface area (Å²) in [7, 11) is 0. The summed E-state index contributed by atoms with van der Waals surface area (Å²) in [6.07, 6.45) is 0.817. The first-order chi connectivity index (χ1) is 6.31. The number of hydrogen-bond acceptors (Lipinski definition) is 3. The number of nitrogens with one attached hydrogen (secondary N) is 2. The number of carbonyl (C=O) groups is 1. The Morgan fingerprint density at radius 3 is 2.77 bits per heavy atom. The maximum atomic E-state index is 10.8. The first kappa shape index (κ1) is 12.2. The van der Waals surface area contributed by atoms with Crippen molar-refractivity contribution >= 4 is 6.03 Å². The van der Waals surface area contributed by atoms with Crippen molar-refractivity contribution in [2.75, 3.05) is 32.8 Å². The fourth-order valence-corrected chi connectivity index (χ4v) is 0.785. The fourth-order valence-electron chi connectivity index (χ4n) is 0.785. The predicted molar refractivity (Wildman–Crippen MR) is 51.6 cm³/mol. The summed E-state index contributed by atoms with van der Waals surface area (Å²) in [6, 6.07) is -0.124. The molecule has 2 amide bonds. The second-order valence-corrected chi connectivity index (χ2v) is 2.54. The molecule has 0 atom stereocenters. The third kappa shape index (κ3) is 9.10. The highest BCUT2D eigenvalue weighted by molar-refractivity contribution is 5.73. The Kier molecular flexibility index (Phi) is 8.70. The van der Waals surface area contributed by atoms with Crippen LogP contribution < -0.4 is 16.4 Å². The van der Waals surface area contributed by atoms with Crippen molar-refractivity contribution in [1.82, 2.24) is 10.6 Å². The molecular formula is C8H19N3O2. The van der Waals surface area contributed by atoms with Gasteiger partial charge in [0.25, 0.3) is 0 Å². The monoisotopic (exact) mass is 189 g/mol. The number of hydrogen-bond donors (Lipinski definition) is 3.